The van der Waals surface area contributed by atoms with Crippen LogP contribution < -0.4 is 21.3 Å². The minimum absolute atomic E-state index is 0.491. The second-order valence-corrected chi connectivity index (χ2v) is 6.02. The van der Waals surface area contributed by atoms with Gasteiger partial charge < -0.3 is 16.0 Å². The number of para-hydroxylation sites is 1. The molecule has 2 aromatic carbocycles. The Bertz CT molecular complexity index is 749. The molecule has 0 spiro atoms. The number of nitrogens with one attached hydrogen (secondary N) is 4. The average molecular weight is 321 g/mol. The molecule has 3 rings (SSSR count). The van der Waals surface area contributed by atoms with E-state index in [9.17, 15) is 0 Å². The minimum Gasteiger partial charge on any atom is -0.342 e. The van der Waals surface area contributed by atoms with Crippen molar-refractivity contribution in [1.29, 1.82) is 0 Å². The van der Waals surface area contributed by atoms with Crippen LogP contribution >= 0.6 is 0 Å². The van der Waals surface area contributed by atoms with Crippen LogP contribution in [-0.4, -0.2) is 18.7 Å². The molecule has 1 aliphatic rings. The Kier molecular flexibility index (Phi) is 4.53. The van der Waals surface area contributed by atoms with Crippen molar-refractivity contribution in [2.45, 2.75) is 19.5 Å². The zero-order chi connectivity index (χ0) is 17.0. The molecule has 5 heteroatoms. The van der Waals surface area contributed by atoms with E-state index in [0.717, 1.165) is 17.2 Å². The van der Waals surface area contributed by atoms with E-state index in [4.69, 9.17) is 4.99 Å². The molecule has 1 atom stereocenters. The first-order chi connectivity index (χ1) is 11.6. The zero-order valence-electron chi connectivity index (χ0n) is 14.2. The van der Waals surface area contributed by atoms with Gasteiger partial charge in [-0.2, -0.15) is 0 Å². The van der Waals surface area contributed by atoms with Crippen molar-refractivity contribution in [1.82, 2.24) is 10.6 Å². The van der Waals surface area contributed by atoms with Crippen molar-refractivity contribution < 1.29 is 0 Å². The minimum atomic E-state index is -0.491. The highest BCUT2D eigenvalue weighted by molar-refractivity contribution is 5.96. The molecule has 0 amide bonds. The molecule has 4 N–H and O–H groups in total. The molecular weight excluding hydrogens is 298 g/mol. The standard InChI is InChI=1S/C19H23N5/c1-14-9-11-16(12-10-14)21-17-13-19(2,20-3)24-18(23-17)22-15-7-5-4-6-8-15/h4-13,20-21H,1-3H3,(H2,22,23,24). The summed E-state index contributed by atoms with van der Waals surface area (Å²) < 4.78 is 0. The van der Waals surface area contributed by atoms with E-state index >= 15 is 0 Å². The van der Waals surface area contributed by atoms with Crippen LogP contribution in [0.15, 0.2) is 71.5 Å². The third-order valence-electron chi connectivity index (χ3n) is 3.90. The summed E-state index contributed by atoms with van der Waals surface area (Å²) in [6.07, 6.45) is 2.03. The Morgan fingerprint density at radius 3 is 2.25 bits per heavy atom. The van der Waals surface area contributed by atoms with Crippen molar-refractivity contribution in [2.24, 2.45) is 4.99 Å². The molecule has 1 heterocycles. The molecule has 5 nitrogen and oxygen atoms in total. The summed E-state index contributed by atoms with van der Waals surface area (Å²) in [4.78, 5) is 4.70. The largest absolute Gasteiger partial charge is 0.342 e. The fraction of sp³-hybridized carbons (Fsp3) is 0.211. The fourth-order valence-electron chi connectivity index (χ4n) is 2.44. The maximum Gasteiger partial charge on any atom is 0.203 e. The third kappa shape index (κ3) is 3.94. The lowest BCUT2D eigenvalue weighted by molar-refractivity contribution is 0.490. The average Bonchev–Trinajstić information content (AvgIpc) is 2.57. The lowest BCUT2D eigenvalue weighted by Gasteiger charge is -2.30. The molecule has 0 aromatic heterocycles. The van der Waals surface area contributed by atoms with Crippen LogP contribution in [-0.2, 0) is 0 Å². The predicted molar refractivity (Wildman–Crippen MR) is 101 cm³/mol. The monoisotopic (exact) mass is 321 g/mol. The summed E-state index contributed by atoms with van der Waals surface area (Å²) in [6, 6.07) is 18.3. The fourth-order valence-corrected chi connectivity index (χ4v) is 2.44. The Morgan fingerprint density at radius 2 is 1.58 bits per heavy atom. The molecule has 2 aromatic rings. The Hall–Kier alpha value is -2.79. The maximum atomic E-state index is 4.70. The first-order valence-corrected chi connectivity index (χ1v) is 8.01. The first kappa shape index (κ1) is 16.1. The summed E-state index contributed by atoms with van der Waals surface area (Å²) in [7, 11) is 1.90. The number of hydrogen-bond donors (Lipinski definition) is 4. The third-order valence-corrected chi connectivity index (χ3v) is 3.90. The number of aliphatic imine (C=N–C) groups is 1. The molecular formula is C19H23N5. The lowest BCUT2D eigenvalue weighted by Crippen LogP contribution is -2.47. The van der Waals surface area contributed by atoms with Crippen LogP contribution in [0.4, 0.5) is 11.4 Å². The van der Waals surface area contributed by atoms with Gasteiger partial charge in [-0.1, -0.05) is 35.9 Å². The van der Waals surface area contributed by atoms with Gasteiger partial charge in [0.1, 0.15) is 11.5 Å². The van der Waals surface area contributed by atoms with Gasteiger partial charge in [0.25, 0.3) is 0 Å². The Morgan fingerprint density at radius 1 is 0.917 bits per heavy atom. The summed E-state index contributed by atoms with van der Waals surface area (Å²) in [6.45, 7) is 4.10. The molecule has 24 heavy (non-hydrogen) atoms. The van der Waals surface area contributed by atoms with Crippen molar-refractivity contribution in [2.75, 3.05) is 17.7 Å². The number of anilines is 2. The number of hydrogen-bond acceptors (Lipinski definition) is 5. The SMILES string of the molecule is CNC1(C)C=C(Nc2ccc(C)cc2)NC(Nc2ccccc2)=N1. The van der Waals surface area contributed by atoms with Gasteiger partial charge in [0.05, 0.1) is 0 Å². The molecule has 1 aliphatic heterocycles. The molecule has 0 fully saturated rings. The quantitative estimate of drug-likeness (QED) is 0.698. The van der Waals surface area contributed by atoms with Gasteiger partial charge in [-0.05, 0) is 51.2 Å². The normalized spacial score (nSPS) is 19.8. The van der Waals surface area contributed by atoms with Crippen LogP contribution in [0.5, 0.6) is 0 Å². The highest BCUT2D eigenvalue weighted by Gasteiger charge is 2.25. The first-order valence-electron chi connectivity index (χ1n) is 8.01. The number of benzene rings is 2. The molecule has 0 radical (unpaired) electrons. The highest BCUT2D eigenvalue weighted by Crippen LogP contribution is 2.18. The summed E-state index contributed by atoms with van der Waals surface area (Å²) in [5.74, 6) is 1.57. The van der Waals surface area contributed by atoms with Crippen LogP contribution in [0.3, 0.4) is 0 Å². The second kappa shape index (κ2) is 6.76. The van der Waals surface area contributed by atoms with E-state index in [-0.39, 0.29) is 0 Å². The van der Waals surface area contributed by atoms with Crippen LogP contribution in [0.2, 0.25) is 0 Å². The number of nitrogens with zero attached hydrogens (tertiary/aromatic N) is 1. The van der Waals surface area contributed by atoms with Crippen LogP contribution in [0.1, 0.15) is 12.5 Å². The smallest absolute Gasteiger partial charge is 0.203 e. The van der Waals surface area contributed by atoms with Gasteiger partial charge in [0, 0.05) is 11.4 Å². The number of rotatable bonds is 4. The number of likely N-dealkylation sites (N-methyl/N-ethyl adjacent to an activating group) is 1. The van der Waals surface area contributed by atoms with Gasteiger partial charge in [-0.25, -0.2) is 4.99 Å². The predicted octanol–water partition coefficient (Wildman–Crippen LogP) is 3.26. The van der Waals surface area contributed by atoms with Gasteiger partial charge in [-0.15, -0.1) is 0 Å². The molecule has 0 saturated heterocycles. The Labute approximate surface area is 142 Å². The van der Waals surface area contributed by atoms with Gasteiger partial charge in [0.2, 0.25) is 5.96 Å². The summed E-state index contributed by atoms with van der Waals surface area (Å²) in [5.41, 5.74) is 2.76. The highest BCUT2D eigenvalue weighted by atomic mass is 15.3. The lowest BCUT2D eigenvalue weighted by atomic mass is 10.1. The molecule has 0 saturated carbocycles. The topological polar surface area (TPSA) is 60.5 Å². The molecule has 1 unspecified atom stereocenters. The van der Waals surface area contributed by atoms with Crippen LogP contribution in [0, 0.1) is 6.92 Å². The van der Waals surface area contributed by atoms with Crippen molar-refractivity contribution in [3.05, 3.63) is 72.1 Å². The van der Waals surface area contributed by atoms with E-state index in [1.807, 2.05) is 50.4 Å². The second-order valence-electron chi connectivity index (χ2n) is 6.02. The van der Waals surface area contributed by atoms with E-state index in [1.165, 1.54) is 5.56 Å². The van der Waals surface area contributed by atoms with Crippen molar-refractivity contribution in [3.8, 4) is 0 Å². The maximum absolute atomic E-state index is 4.70. The van der Waals surface area contributed by atoms with Crippen molar-refractivity contribution in [3.63, 3.8) is 0 Å². The molecule has 0 bridgehead atoms. The van der Waals surface area contributed by atoms with E-state index in [2.05, 4.69) is 52.5 Å². The molecule has 124 valence electrons. The number of guanidine groups is 1. The van der Waals surface area contributed by atoms with Crippen molar-refractivity contribution >= 4 is 17.3 Å². The summed E-state index contributed by atoms with van der Waals surface area (Å²) >= 11 is 0. The Balaban J connectivity index is 1.79. The van der Waals surface area contributed by atoms with Gasteiger partial charge >= 0.3 is 0 Å². The van der Waals surface area contributed by atoms with E-state index < -0.39 is 5.66 Å². The zero-order valence-corrected chi connectivity index (χ0v) is 14.2. The van der Waals surface area contributed by atoms with E-state index in [0.29, 0.717) is 5.96 Å². The van der Waals surface area contributed by atoms with Crippen LogP contribution in [0.25, 0.3) is 0 Å². The van der Waals surface area contributed by atoms with E-state index in [1.54, 1.807) is 0 Å². The molecule has 0 aliphatic carbocycles. The van der Waals surface area contributed by atoms with Gasteiger partial charge in [0.15, 0.2) is 0 Å². The number of aryl methyl sites for hydroxylation is 1. The summed E-state index contributed by atoms with van der Waals surface area (Å²) in [5, 5.41) is 13.3. The van der Waals surface area contributed by atoms with Gasteiger partial charge in [-0.3, -0.25) is 5.32 Å².